The Morgan fingerprint density at radius 3 is 2.78 bits per heavy atom. The Hall–Kier alpha value is -0.850. The van der Waals surface area contributed by atoms with Crippen LogP contribution in [0.15, 0.2) is 23.8 Å². The molecule has 1 aliphatic carbocycles. The van der Waals surface area contributed by atoms with Crippen LogP contribution in [0.3, 0.4) is 0 Å². The fourth-order valence-electron chi connectivity index (χ4n) is 1.02. The minimum Gasteiger partial charge on any atom is -0.298 e. The van der Waals surface area contributed by atoms with Gasteiger partial charge in [-0.15, -0.1) is 0 Å². The van der Waals surface area contributed by atoms with Gasteiger partial charge in [0.2, 0.25) is 0 Å². The number of hydrogen-bond acceptors (Lipinski definition) is 1. The molecule has 0 radical (unpaired) electrons. The van der Waals surface area contributed by atoms with Gasteiger partial charge in [-0.05, 0) is 24.8 Å². The molecule has 0 aromatic carbocycles. The van der Waals surface area contributed by atoms with Gasteiger partial charge in [-0.1, -0.05) is 18.2 Å². The van der Waals surface area contributed by atoms with Crippen LogP contribution in [0, 0.1) is 0 Å². The van der Waals surface area contributed by atoms with E-state index < -0.39 is 0 Å². The zero-order chi connectivity index (χ0) is 6.69. The lowest BCUT2D eigenvalue weighted by Crippen LogP contribution is -1.93. The van der Waals surface area contributed by atoms with Crippen molar-refractivity contribution < 1.29 is 4.79 Å². The van der Waals surface area contributed by atoms with Crippen LogP contribution in [0.25, 0.3) is 0 Å². The van der Waals surface area contributed by atoms with Gasteiger partial charge < -0.3 is 0 Å². The first kappa shape index (κ1) is 6.27. The number of hydrogen-bond donors (Lipinski definition) is 0. The van der Waals surface area contributed by atoms with Crippen molar-refractivity contribution in [2.75, 3.05) is 0 Å². The zero-order valence-corrected chi connectivity index (χ0v) is 5.39. The maximum atomic E-state index is 10.2. The summed E-state index contributed by atoms with van der Waals surface area (Å²) in [4.78, 5) is 10.2. The highest BCUT2D eigenvalue weighted by Gasteiger charge is 2.03. The molecule has 1 aliphatic rings. The van der Waals surface area contributed by atoms with Gasteiger partial charge in [0, 0.05) is 0 Å². The molecule has 0 N–H and O–H groups in total. The molecule has 9 heavy (non-hydrogen) atoms. The smallest absolute Gasteiger partial charge is 0.146 e. The van der Waals surface area contributed by atoms with E-state index in [-0.39, 0.29) is 0 Å². The minimum absolute atomic E-state index is 0.895. The Morgan fingerprint density at radius 2 is 2.33 bits per heavy atom. The zero-order valence-electron chi connectivity index (χ0n) is 5.39. The Morgan fingerprint density at radius 1 is 1.56 bits per heavy atom. The van der Waals surface area contributed by atoms with Crippen LogP contribution in [0.2, 0.25) is 0 Å². The third kappa shape index (κ3) is 1.53. The molecule has 0 aromatic heterocycles. The molecule has 0 saturated carbocycles. The van der Waals surface area contributed by atoms with Crippen LogP contribution in [0.4, 0.5) is 0 Å². The van der Waals surface area contributed by atoms with Crippen LogP contribution in [0.1, 0.15) is 19.3 Å². The van der Waals surface area contributed by atoms with E-state index in [1.165, 1.54) is 0 Å². The fraction of sp³-hybridized carbons (Fsp3) is 0.375. The normalized spacial score (nSPS) is 19.1. The molecule has 0 aliphatic heterocycles. The van der Waals surface area contributed by atoms with Gasteiger partial charge in [0.15, 0.2) is 0 Å². The number of aldehydes is 1. The van der Waals surface area contributed by atoms with Crippen LogP contribution in [0.5, 0.6) is 0 Å². The van der Waals surface area contributed by atoms with E-state index in [1.807, 2.05) is 6.08 Å². The van der Waals surface area contributed by atoms with Crippen molar-refractivity contribution in [1.29, 1.82) is 0 Å². The summed E-state index contributed by atoms with van der Waals surface area (Å²) in [7, 11) is 0. The molecule has 0 aromatic rings. The Kier molecular flexibility index (Phi) is 1.83. The molecule has 48 valence electrons. The maximum Gasteiger partial charge on any atom is 0.146 e. The molecule has 1 heteroatoms. The lowest BCUT2D eigenvalue weighted by molar-refractivity contribution is -0.105. The van der Waals surface area contributed by atoms with Crippen molar-refractivity contribution in [2.45, 2.75) is 19.3 Å². The van der Waals surface area contributed by atoms with E-state index in [0.717, 1.165) is 36.7 Å². The van der Waals surface area contributed by atoms with E-state index in [4.69, 9.17) is 0 Å². The quantitative estimate of drug-likeness (QED) is 0.485. The molecule has 0 spiro atoms. The van der Waals surface area contributed by atoms with Gasteiger partial charge >= 0.3 is 0 Å². The minimum atomic E-state index is 0.895. The predicted octanol–water partition coefficient (Wildman–Crippen LogP) is 1.85. The van der Waals surface area contributed by atoms with Gasteiger partial charge in [0.05, 0.1) is 0 Å². The van der Waals surface area contributed by atoms with Gasteiger partial charge in [-0.3, -0.25) is 4.79 Å². The molecule has 0 fully saturated rings. The number of carbonyl (C=O) groups excluding carboxylic acids is 1. The largest absolute Gasteiger partial charge is 0.298 e. The topological polar surface area (TPSA) is 17.1 Å². The Balaban J connectivity index is 2.70. The summed E-state index contributed by atoms with van der Waals surface area (Å²) in [5.74, 6) is 0. The highest BCUT2D eigenvalue weighted by Crippen LogP contribution is 2.18. The number of allylic oxidation sites excluding steroid dienone is 3. The SMILES string of the molecule is C=C1C=C(C=O)CCC1. The predicted molar refractivity (Wildman–Crippen MR) is 37.1 cm³/mol. The molecule has 0 atom stereocenters. The Bertz CT molecular complexity index is 165. The fourth-order valence-corrected chi connectivity index (χ4v) is 1.02. The summed E-state index contributed by atoms with van der Waals surface area (Å²) in [5, 5.41) is 0. The average Bonchev–Trinajstić information content (AvgIpc) is 1.88. The summed E-state index contributed by atoms with van der Waals surface area (Å²) in [5.41, 5.74) is 1.98. The second-order valence-electron chi connectivity index (χ2n) is 2.35. The molecule has 0 bridgehead atoms. The van der Waals surface area contributed by atoms with Gasteiger partial charge in [-0.2, -0.15) is 0 Å². The van der Waals surface area contributed by atoms with Crippen molar-refractivity contribution in [2.24, 2.45) is 0 Å². The lowest BCUT2D eigenvalue weighted by atomic mass is 9.97. The summed E-state index contributed by atoms with van der Waals surface area (Å²) in [6, 6.07) is 0. The molecule has 0 unspecified atom stereocenters. The summed E-state index contributed by atoms with van der Waals surface area (Å²) in [6.45, 7) is 3.78. The van der Waals surface area contributed by atoms with E-state index in [9.17, 15) is 4.79 Å². The lowest BCUT2D eigenvalue weighted by Gasteiger charge is -2.07. The third-order valence-corrected chi connectivity index (χ3v) is 1.50. The van der Waals surface area contributed by atoms with E-state index in [1.54, 1.807) is 0 Å². The Labute approximate surface area is 55.1 Å². The highest BCUT2D eigenvalue weighted by molar-refractivity contribution is 5.74. The summed E-state index contributed by atoms with van der Waals surface area (Å²) in [6.07, 6.45) is 5.88. The van der Waals surface area contributed by atoms with Gasteiger partial charge in [0.25, 0.3) is 0 Å². The molecule has 0 saturated heterocycles. The first-order chi connectivity index (χ1) is 4.33. The van der Waals surface area contributed by atoms with Crippen LogP contribution < -0.4 is 0 Å². The van der Waals surface area contributed by atoms with Gasteiger partial charge in [-0.25, -0.2) is 0 Å². The van der Waals surface area contributed by atoms with Crippen molar-refractivity contribution >= 4 is 6.29 Å². The third-order valence-electron chi connectivity index (χ3n) is 1.50. The van der Waals surface area contributed by atoms with E-state index >= 15 is 0 Å². The van der Waals surface area contributed by atoms with E-state index in [2.05, 4.69) is 6.58 Å². The van der Waals surface area contributed by atoms with Crippen LogP contribution in [-0.2, 0) is 4.79 Å². The van der Waals surface area contributed by atoms with Crippen LogP contribution in [-0.4, -0.2) is 6.29 Å². The summed E-state index contributed by atoms with van der Waals surface area (Å²) < 4.78 is 0. The molecule has 1 rings (SSSR count). The highest BCUT2D eigenvalue weighted by atomic mass is 16.1. The number of rotatable bonds is 1. The molecular formula is C8H10O. The average molecular weight is 122 g/mol. The second kappa shape index (κ2) is 2.62. The maximum absolute atomic E-state index is 10.2. The van der Waals surface area contributed by atoms with Crippen molar-refractivity contribution in [3.8, 4) is 0 Å². The molecule has 0 heterocycles. The van der Waals surface area contributed by atoms with Crippen LogP contribution >= 0.6 is 0 Å². The monoisotopic (exact) mass is 122 g/mol. The summed E-state index contributed by atoms with van der Waals surface area (Å²) >= 11 is 0. The van der Waals surface area contributed by atoms with Crippen molar-refractivity contribution in [1.82, 2.24) is 0 Å². The molecular weight excluding hydrogens is 112 g/mol. The second-order valence-corrected chi connectivity index (χ2v) is 2.35. The first-order valence-corrected chi connectivity index (χ1v) is 3.16. The number of carbonyl (C=O) groups is 1. The standard InChI is InChI=1S/C8H10O/c1-7-3-2-4-8(5-7)6-9/h5-6H,1-4H2. The molecule has 1 nitrogen and oxygen atoms in total. The van der Waals surface area contributed by atoms with Crippen molar-refractivity contribution in [3.63, 3.8) is 0 Å². The van der Waals surface area contributed by atoms with E-state index in [0.29, 0.717) is 0 Å². The van der Waals surface area contributed by atoms with Gasteiger partial charge in [0.1, 0.15) is 6.29 Å². The van der Waals surface area contributed by atoms with Crippen molar-refractivity contribution in [3.05, 3.63) is 23.8 Å². The first-order valence-electron chi connectivity index (χ1n) is 3.16. The molecule has 0 amide bonds.